The second kappa shape index (κ2) is 8.44. The van der Waals surface area contributed by atoms with E-state index in [4.69, 9.17) is 34.8 Å². The standard InChI is InChI=1S/C20H13Cl3N2O2/c21-14-8-3-1-6-12(14)19(26)24-17-11-4-2-7-13(17)20(27)25-18-15(22)9-5-10-16(18)23/h1-11H,(H,24,26)(H,25,27). The molecule has 0 aliphatic carbocycles. The van der Waals surface area contributed by atoms with Crippen LogP contribution in [-0.2, 0) is 0 Å². The molecule has 27 heavy (non-hydrogen) atoms. The van der Waals surface area contributed by atoms with Gasteiger partial charge in [0, 0.05) is 0 Å². The number of carbonyl (C=O) groups is 2. The predicted octanol–water partition coefficient (Wildman–Crippen LogP) is 6.15. The average molecular weight is 420 g/mol. The van der Waals surface area contributed by atoms with E-state index in [0.717, 1.165) is 0 Å². The highest BCUT2D eigenvalue weighted by Crippen LogP contribution is 2.31. The van der Waals surface area contributed by atoms with Gasteiger partial charge in [-0.3, -0.25) is 9.59 Å². The van der Waals surface area contributed by atoms with Gasteiger partial charge in [0.15, 0.2) is 0 Å². The largest absolute Gasteiger partial charge is 0.321 e. The molecular formula is C20H13Cl3N2O2. The summed E-state index contributed by atoms with van der Waals surface area (Å²) in [7, 11) is 0. The summed E-state index contributed by atoms with van der Waals surface area (Å²) >= 11 is 18.3. The van der Waals surface area contributed by atoms with Gasteiger partial charge in [-0.05, 0) is 36.4 Å². The first kappa shape index (κ1) is 19.2. The lowest BCUT2D eigenvalue weighted by molar-refractivity contribution is 0.102. The van der Waals surface area contributed by atoms with Crippen LogP contribution in [0, 0.1) is 0 Å². The van der Waals surface area contributed by atoms with Gasteiger partial charge in [-0.2, -0.15) is 0 Å². The monoisotopic (exact) mass is 418 g/mol. The molecule has 3 aromatic rings. The van der Waals surface area contributed by atoms with Crippen molar-refractivity contribution in [2.75, 3.05) is 10.6 Å². The zero-order chi connectivity index (χ0) is 19.4. The van der Waals surface area contributed by atoms with Crippen LogP contribution in [0.3, 0.4) is 0 Å². The average Bonchev–Trinajstić information content (AvgIpc) is 2.65. The van der Waals surface area contributed by atoms with Crippen molar-refractivity contribution in [3.05, 3.63) is 92.9 Å². The Bertz CT molecular complexity index is 1000. The summed E-state index contributed by atoms with van der Waals surface area (Å²) in [6.07, 6.45) is 0. The molecule has 2 amide bonds. The molecule has 0 saturated carbocycles. The third-order valence-electron chi connectivity index (χ3n) is 3.74. The molecule has 136 valence electrons. The number of para-hydroxylation sites is 2. The molecule has 2 N–H and O–H groups in total. The lowest BCUT2D eigenvalue weighted by atomic mass is 10.1. The van der Waals surface area contributed by atoms with E-state index in [9.17, 15) is 9.59 Å². The Kier molecular flexibility index (Phi) is 6.01. The normalized spacial score (nSPS) is 10.3. The summed E-state index contributed by atoms with van der Waals surface area (Å²) in [4.78, 5) is 25.2. The van der Waals surface area contributed by atoms with E-state index in [-0.39, 0.29) is 5.56 Å². The van der Waals surface area contributed by atoms with Crippen LogP contribution in [0.1, 0.15) is 20.7 Å². The van der Waals surface area contributed by atoms with Crippen LogP contribution in [0.25, 0.3) is 0 Å². The molecule has 0 radical (unpaired) electrons. The van der Waals surface area contributed by atoms with Crippen LogP contribution >= 0.6 is 34.8 Å². The van der Waals surface area contributed by atoms with Gasteiger partial charge in [0.2, 0.25) is 0 Å². The molecule has 0 saturated heterocycles. The maximum Gasteiger partial charge on any atom is 0.257 e. The van der Waals surface area contributed by atoms with Crippen LogP contribution in [-0.4, -0.2) is 11.8 Å². The molecular weight excluding hydrogens is 407 g/mol. The van der Waals surface area contributed by atoms with Gasteiger partial charge < -0.3 is 10.6 Å². The zero-order valence-electron chi connectivity index (χ0n) is 13.8. The molecule has 0 heterocycles. The topological polar surface area (TPSA) is 58.2 Å². The van der Waals surface area contributed by atoms with E-state index in [1.807, 2.05) is 0 Å². The summed E-state index contributed by atoms with van der Waals surface area (Å²) in [5.74, 6) is -0.878. The molecule has 0 atom stereocenters. The molecule has 0 spiro atoms. The number of halogens is 3. The van der Waals surface area contributed by atoms with Crippen molar-refractivity contribution in [3.8, 4) is 0 Å². The summed E-state index contributed by atoms with van der Waals surface area (Å²) in [5.41, 5.74) is 1.21. The number of carbonyl (C=O) groups excluding carboxylic acids is 2. The molecule has 0 unspecified atom stereocenters. The maximum atomic E-state index is 12.7. The van der Waals surface area contributed by atoms with Crippen LogP contribution in [0.2, 0.25) is 15.1 Å². The Morgan fingerprint density at radius 3 is 1.78 bits per heavy atom. The first-order valence-electron chi connectivity index (χ1n) is 7.87. The van der Waals surface area contributed by atoms with E-state index >= 15 is 0 Å². The van der Waals surface area contributed by atoms with Gasteiger partial charge >= 0.3 is 0 Å². The molecule has 0 fully saturated rings. The summed E-state index contributed by atoms with van der Waals surface area (Å²) in [6, 6.07) is 18.2. The van der Waals surface area contributed by atoms with Crippen LogP contribution < -0.4 is 10.6 Å². The molecule has 0 bridgehead atoms. The number of hydrogen-bond acceptors (Lipinski definition) is 2. The predicted molar refractivity (Wildman–Crippen MR) is 110 cm³/mol. The third kappa shape index (κ3) is 4.42. The fourth-order valence-corrected chi connectivity index (χ4v) is 3.14. The Hall–Kier alpha value is -2.53. The summed E-state index contributed by atoms with van der Waals surface area (Å²) in [5, 5.41) is 6.34. The smallest absolute Gasteiger partial charge is 0.257 e. The van der Waals surface area contributed by atoms with Gasteiger partial charge in [-0.25, -0.2) is 0 Å². The third-order valence-corrected chi connectivity index (χ3v) is 4.70. The van der Waals surface area contributed by atoms with Crippen molar-refractivity contribution in [1.29, 1.82) is 0 Å². The highest BCUT2D eigenvalue weighted by atomic mass is 35.5. The van der Waals surface area contributed by atoms with Gasteiger partial charge in [0.1, 0.15) is 0 Å². The number of amides is 2. The van der Waals surface area contributed by atoms with E-state index in [0.29, 0.717) is 32.0 Å². The molecule has 0 aliphatic heterocycles. The maximum absolute atomic E-state index is 12.7. The Morgan fingerprint density at radius 1 is 0.593 bits per heavy atom. The summed E-state index contributed by atoms with van der Waals surface area (Å²) < 4.78 is 0. The fraction of sp³-hybridized carbons (Fsp3) is 0. The Morgan fingerprint density at radius 2 is 1.11 bits per heavy atom. The SMILES string of the molecule is O=C(Nc1ccccc1C(=O)Nc1c(Cl)cccc1Cl)c1ccccc1Cl. The molecule has 3 aromatic carbocycles. The zero-order valence-corrected chi connectivity index (χ0v) is 16.1. The first-order valence-corrected chi connectivity index (χ1v) is 9.01. The van der Waals surface area contributed by atoms with Crippen molar-refractivity contribution >= 4 is 58.0 Å². The second-order valence-electron chi connectivity index (χ2n) is 5.53. The van der Waals surface area contributed by atoms with E-state index in [1.54, 1.807) is 66.7 Å². The van der Waals surface area contributed by atoms with Crippen LogP contribution in [0.15, 0.2) is 66.7 Å². The van der Waals surface area contributed by atoms with Gasteiger partial charge in [-0.15, -0.1) is 0 Å². The number of nitrogens with one attached hydrogen (secondary N) is 2. The Balaban J connectivity index is 1.87. The quantitative estimate of drug-likeness (QED) is 0.533. The highest BCUT2D eigenvalue weighted by molar-refractivity contribution is 6.40. The molecule has 0 aromatic heterocycles. The van der Waals surface area contributed by atoms with Gasteiger partial charge in [0.25, 0.3) is 11.8 Å². The Labute approximate surface area is 171 Å². The molecule has 0 aliphatic rings. The van der Waals surface area contributed by atoms with Crippen LogP contribution in [0.5, 0.6) is 0 Å². The minimum absolute atomic E-state index is 0.258. The van der Waals surface area contributed by atoms with Crippen molar-refractivity contribution in [2.24, 2.45) is 0 Å². The summed E-state index contributed by atoms with van der Waals surface area (Å²) in [6.45, 7) is 0. The lowest BCUT2D eigenvalue weighted by Gasteiger charge is -2.13. The van der Waals surface area contributed by atoms with Crippen molar-refractivity contribution in [2.45, 2.75) is 0 Å². The van der Waals surface area contributed by atoms with Crippen molar-refractivity contribution in [1.82, 2.24) is 0 Å². The van der Waals surface area contributed by atoms with Gasteiger partial charge in [-0.1, -0.05) is 65.1 Å². The number of benzene rings is 3. The second-order valence-corrected chi connectivity index (χ2v) is 6.75. The first-order chi connectivity index (χ1) is 13.0. The number of rotatable bonds is 4. The van der Waals surface area contributed by atoms with Crippen LogP contribution in [0.4, 0.5) is 11.4 Å². The molecule has 7 heteroatoms. The minimum atomic E-state index is -0.458. The van der Waals surface area contributed by atoms with E-state index in [1.165, 1.54) is 0 Å². The van der Waals surface area contributed by atoms with Gasteiger partial charge in [0.05, 0.1) is 37.6 Å². The highest BCUT2D eigenvalue weighted by Gasteiger charge is 2.17. The number of hydrogen-bond donors (Lipinski definition) is 2. The van der Waals surface area contributed by atoms with Crippen molar-refractivity contribution in [3.63, 3.8) is 0 Å². The number of anilines is 2. The van der Waals surface area contributed by atoms with E-state index < -0.39 is 11.8 Å². The minimum Gasteiger partial charge on any atom is -0.321 e. The molecule has 4 nitrogen and oxygen atoms in total. The lowest BCUT2D eigenvalue weighted by Crippen LogP contribution is -2.18. The fourth-order valence-electron chi connectivity index (χ4n) is 2.42. The van der Waals surface area contributed by atoms with Crippen molar-refractivity contribution < 1.29 is 9.59 Å². The molecule has 3 rings (SSSR count). The van der Waals surface area contributed by atoms with E-state index in [2.05, 4.69) is 10.6 Å².